The molecule has 6 rings (SSSR count). The van der Waals surface area contributed by atoms with Crippen LogP contribution in [0.15, 0.2) is 82.6 Å². The zero-order chi connectivity index (χ0) is 28.0. The van der Waals surface area contributed by atoms with Crippen LogP contribution < -0.4 is 19.8 Å². The van der Waals surface area contributed by atoms with Crippen molar-refractivity contribution in [3.8, 4) is 5.75 Å². The number of carbonyl (C=O) groups is 3. The van der Waals surface area contributed by atoms with E-state index in [1.54, 1.807) is 54.6 Å². The lowest BCUT2D eigenvalue weighted by molar-refractivity contribution is -0.122. The third-order valence-electron chi connectivity index (χ3n) is 6.86. The standard InChI is InChI=1S/C29H22ClN3O5S2/c1-15-6-12-18(13-7-15)33-27(35)23-22(24-26(32-29(37)40-24)39-25(23)28(33)36)19-4-2-3-5-20(19)38-14-21(34)31-17-10-8-16(30)9-11-17/h2-13,22-23,25H,14H2,1H3,(H,31,34)(H,32,37)/t22-,23?,25?/m1/s1. The molecule has 2 aliphatic heterocycles. The van der Waals surface area contributed by atoms with Gasteiger partial charge in [-0.05, 0) is 49.4 Å². The molecule has 40 heavy (non-hydrogen) atoms. The van der Waals surface area contributed by atoms with Crippen molar-refractivity contribution < 1.29 is 19.1 Å². The number of nitrogens with zero attached hydrogens (tertiary/aromatic N) is 1. The fraction of sp³-hybridized carbons (Fsp3) is 0.172. The van der Waals surface area contributed by atoms with Gasteiger partial charge >= 0.3 is 4.87 Å². The molecule has 3 aromatic carbocycles. The number of amides is 3. The van der Waals surface area contributed by atoms with E-state index < -0.39 is 17.1 Å². The molecule has 202 valence electrons. The molecule has 2 N–H and O–H groups in total. The minimum atomic E-state index is -0.759. The van der Waals surface area contributed by atoms with Crippen molar-refractivity contribution in [3.05, 3.63) is 103 Å². The van der Waals surface area contributed by atoms with E-state index in [2.05, 4.69) is 10.3 Å². The highest BCUT2D eigenvalue weighted by molar-refractivity contribution is 8.00. The van der Waals surface area contributed by atoms with Crippen molar-refractivity contribution in [2.75, 3.05) is 16.8 Å². The first-order chi connectivity index (χ1) is 19.3. The molecule has 1 aromatic heterocycles. The van der Waals surface area contributed by atoms with E-state index in [0.717, 1.165) is 16.9 Å². The normalized spacial score (nSPS) is 19.8. The Hall–Kier alpha value is -3.86. The summed E-state index contributed by atoms with van der Waals surface area (Å²) in [6, 6.07) is 21.1. The van der Waals surface area contributed by atoms with Crippen molar-refractivity contribution >= 4 is 63.8 Å². The second-order valence-corrected chi connectivity index (χ2v) is 12.1. The number of aryl methyl sites for hydroxylation is 1. The number of ether oxygens (including phenoxy) is 1. The van der Waals surface area contributed by atoms with Gasteiger partial charge in [0.2, 0.25) is 11.8 Å². The van der Waals surface area contributed by atoms with E-state index in [9.17, 15) is 19.2 Å². The first-order valence-electron chi connectivity index (χ1n) is 12.4. The second kappa shape index (κ2) is 10.6. The molecule has 1 saturated heterocycles. The molecule has 3 amide bonds. The number of benzene rings is 3. The van der Waals surface area contributed by atoms with Crippen LogP contribution in [0.5, 0.6) is 5.75 Å². The predicted molar refractivity (Wildman–Crippen MR) is 156 cm³/mol. The molecule has 3 heterocycles. The topological polar surface area (TPSA) is 109 Å². The number of thiazole rings is 1. The SMILES string of the molecule is Cc1ccc(N2C(=O)C3Sc4[nH]c(=O)sc4[C@H](c4ccccc4OCC(=O)Nc4ccc(Cl)cc4)C3C2=O)cc1. The summed E-state index contributed by atoms with van der Waals surface area (Å²) >= 11 is 8.15. The maximum atomic E-state index is 13.9. The molecule has 0 bridgehead atoms. The number of hydrogen-bond donors (Lipinski definition) is 2. The van der Waals surface area contributed by atoms with Crippen LogP contribution in [-0.4, -0.2) is 34.6 Å². The minimum Gasteiger partial charge on any atom is -0.483 e. The Bertz CT molecular complexity index is 1680. The maximum absolute atomic E-state index is 13.9. The van der Waals surface area contributed by atoms with Gasteiger partial charge in [0.25, 0.3) is 5.91 Å². The third-order valence-corrected chi connectivity index (χ3v) is 9.51. The van der Waals surface area contributed by atoms with Gasteiger partial charge in [-0.1, -0.05) is 70.6 Å². The average Bonchev–Trinajstić information content (AvgIpc) is 3.44. The molecule has 0 aliphatic carbocycles. The van der Waals surface area contributed by atoms with Crippen molar-refractivity contribution in [2.45, 2.75) is 23.1 Å². The highest BCUT2D eigenvalue weighted by atomic mass is 35.5. The summed E-state index contributed by atoms with van der Waals surface area (Å²) in [4.78, 5) is 57.1. The van der Waals surface area contributed by atoms with Crippen molar-refractivity contribution in [1.82, 2.24) is 4.98 Å². The van der Waals surface area contributed by atoms with Gasteiger partial charge in [0, 0.05) is 27.1 Å². The number of aromatic nitrogens is 1. The van der Waals surface area contributed by atoms with Crippen molar-refractivity contribution in [2.24, 2.45) is 5.92 Å². The first-order valence-corrected chi connectivity index (χ1v) is 14.5. The van der Waals surface area contributed by atoms with Crippen LogP contribution in [0.25, 0.3) is 0 Å². The van der Waals surface area contributed by atoms with Gasteiger partial charge in [-0.25, -0.2) is 4.90 Å². The molecule has 2 unspecified atom stereocenters. The number of halogens is 1. The number of carbonyl (C=O) groups excluding carboxylic acids is 3. The van der Waals surface area contributed by atoms with Crippen LogP contribution >= 0.6 is 34.7 Å². The minimum absolute atomic E-state index is 0.265. The van der Waals surface area contributed by atoms with Gasteiger partial charge in [0.1, 0.15) is 11.0 Å². The highest BCUT2D eigenvalue weighted by Gasteiger charge is 2.56. The summed E-state index contributed by atoms with van der Waals surface area (Å²) in [5.74, 6) is -2.02. The van der Waals surface area contributed by atoms with Gasteiger partial charge in [-0.15, -0.1) is 0 Å². The number of thioether (sulfide) groups is 1. The Morgan fingerprint density at radius 2 is 1.73 bits per heavy atom. The molecular weight excluding hydrogens is 570 g/mol. The van der Waals surface area contributed by atoms with Crippen molar-refractivity contribution in [1.29, 1.82) is 0 Å². The Morgan fingerprint density at radius 1 is 1.00 bits per heavy atom. The monoisotopic (exact) mass is 591 g/mol. The zero-order valence-corrected chi connectivity index (χ0v) is 23.4. The Balaban J connectivity index is 1.33. The summed E-state index contributed by atoms with van der Waals surface area (Å²) in [6.07, 6.45) is 0. The van der Waals surface area contributed by atoms with Crippen molar-refractivity contribution in [3.63, 3.8) is 0 Å². The molecule has 2 aliphatic rings. The average molecular weight is 592 g/mol. The van der Waals surface area contributed by atoms with E-state index in [1.165, 1.54) is 16.7 Å². The van der Waals surface area contributed by atoms with E-state index in [0.29, 0.717) is 37.6 Å². The summed E-state index contributed by atoms with van der Waals surface area (Å²) < 4.78 is 5.97. The van der Waals surface area contributed by atoms with Crippen LogP contribution in [0.1, 0.15) is 21.9 Å². The Kier molecular flexibility index (Phi) is 6.99. The quantitative estimate of drug-likeness (QED) is 0.298. The number of aromatic amines is 1. The van der Waals surface area contributed by atoms with E-state index >= 15 is 0 Å². The predicted octanol–water partition coefficient (Wildman–Crippen LogP) is 5.21. The smallest absolute Gasteiger partial charge is 0.305 e. The Morgan fingerprint density at radius 3 is 2.48 bits per heavy atom. The van der Waals surface area contributed by atoms with Gasteiger partial charge in [-0.2, -0.15) is 0 Å². The summed E-state index contributed by atoms with van der Waals surface area (Å²) in [5.41, 5.74) is 2.72. The summed E-state index contributed by atoms with van der Waals surface area (Å²) in [6.45, 7) is 1.65. The number of rotatable bonds is 6. The number of nitrogens with one attached hydrogen (secondary N) is 2. The number of fused-ring (bicyclic) bond motifs is 2. The van der Waals surface area contributed by atoms with Crippen LogP contribution in [0.2, 0.25) is 5.02 Å². The molecule has 0 spiro atoms. The number of hydrogen-bond acceptors (Lipinski definition) is 7. The van der Waals surface area contributed by atoms with E-state index in [4.69, 9.17) is 16.3 Å². The van der Waals surface area contributed by atoms with Gasteiger partial charge in [0.15, 0.2) is 6.61 Å². The van der Waals surface area contributed by atoms with E-state index in [-0.39, 0.29) is 29.2 Å². The fourth-order valence-corrected chi connectivity index (χ4v) is 7.68. The van der Waals surface area contributed by atoms with Crippen LogP contribution in [0.4, 0.5) is 11.4 Å². The molecule has 8 nitrogen and oxygen atoms in total. The fourth-order valence-electron chi connectivity index (χ4n) is 5.04. The molecule has 11 heteroatoms. The molecule has 3 atom stereocenters. The van der Waals surface area contributed by atoms with Gasteiger partial charge < -0.3 is 15.0 Å². The lowest BCUT2D eigenvalue weighted by Crippen LogP contribution is -2.32. The second-order valence-electron chi connectivity index (χ2n) is 9.48. The largest absolute Gasteiger partial charge is 0.483 e. The highest BCUT2D eigenvalue weighted by Crippen LogP contribution is 2.54. The number of anilines is 2. The van der Waals surface area contributed by atoms with Crippen LogP contribution in [0, 0.1) is 12.8 Å². The zero-order valence-electron chi connectivity index (χ0n) is 21.1. The number of imide groups is 1. The van der Waals surface area contributed by atoms with E-state index in [1.807, 2.05) is 25.1 Å². The maximum Gasteiger partial charge on any atom is 0.305 e. The molecule has 1 fully saturated rings. The molecule has 0 radical (unpaired) electrons. The van der Waals surface area contributed by atoms with Crippen LogP contribution in [-0.2, 0) is 14.4 Å². The van der Waals surface area contributed by atoms with Gasteiger partial charge in [-0.3, -0.25) is 19.2 Å². The summed E-state index contributed by atoms with van der Waals surface area (Å²) in [5, 5.41) is 3.16. The number of H-pyrrole nitrogens is 1. The molecule has 0 saturated carbocycles. The first kappa shape index (κ1) is 26.4. The number of para-hydroxylation sites is 1. The molecule has 4 aromatic rings. The third kappa shape index (κ3) is 4.83. The van der Waals surface area contributed by atoms with Crippen LogP contribution in [0.3, 0.4) is 0 Å². The molecular formula is C29H22ClN3O5S2. The lowest BCUT2D eigenvalue weighted by Gasteiger charge is -2.30. The lowest BCUT2D eigenvalue weighted by atomic mass is 9.82. The Labute approximate surface area is 242 Å². The van der Waals surface area contributed by atoms with Gasteiger partial charge in [0.05, 0.1) is 16.6 Å². The summed E-state index contributed by atoms with van der Waals surface area (Å²) in [7, 11) is 0.